The van der Waals surface area contributed by atoms with Crippen LogP contribution < -0.4 is 5.32 Å². The number of ether oxygens (including phenoxy) is 1. The van der Waals surface area contributed by atoms with Crippen LogP contribution in [0.25, 0.3) is 0 Å². The summed E-state index contributed by atoms with van der Waals surface area (Å²) in [5.74, 6) is 0. The molecule has 1 heterocycles. The molecule has 0 radical (unpaired) electrons. The second-order valence-electron chi connectivity index (χ2n) is 4.59. The highest BCUT2D eigenvalue weighted by atomic mass is 35.5. The van der Waals surface area contributed by atoms with E-state index in [2.05, 4.69) is 17.4 Å². The second-order valence-corrected chi connectivity index (χ2v) is 5.02. The molecule has 0 amide bonds. The second kappa shape index (κ2) is 4.36. The van der Waals surface area contributed by atoms with Gasteiger partial charge in [-0.2, -0.15) is 0 Å². The zero-order chi connectivity index (χ0) is 11.0. The highest BCUT2D eigenvalue weighted by molar-refractivity contribution is 6.30. The molecule has 1 aliphatic carbocycles. The Morgan fingerprint density at radius 2 is 2.31 bits per heavy atom. The molecule has 0 bridgehead atoms. The number of fused-ring (bicyclic) bond motifs is 3. The van der Waals surface area contributed by atoms with Crippen molar-refractivity contribution in [3.05, 3.63) is 34.3 Å². The number of aryl methyl sites for hydroxylation is 1. The third kappa shape index (κ3) is 1.86. The number of hydrogen-bond acceptors (Lipinski definition) is 2. The van der Waals surface area contributed by atoms with Crippen molar-refractivity contribution in [2.45, 2.75) is 31.4 Å². The summed E-state index contributed by atoms with van der Waals surface area (Å²) >= 11 is 6.05. The molecule has 2 aliphatic rings. The van der Waals surface area contributed by atoms with Gasteiger partial charge in [0.2, 0.25) is 0 Å². The van der Waals surface area contributed by atoms with E-state index >= 15 is 0 Å². The van der Waals surface area contributed by atoms with Gasteiger partial charge < -0.3 is 10.1 Å². The highest BCUT2D eigenvalue weighted by Gasteiger charge is 2.30. The van der Waals surface area contributed by atoms with Gasteiger partial charge in [0.05, 0.1) is 12.7 Å². The lowest BCUT2D eigenvalue weighted by molar-refractivity contribution is -0.00645. The van der Waals surface area contributed by atoms with Crippen LogP contribution in [0.4, 0.5) is 0 Å². The fourth-order valence-electron chi connectivity index (χ4n) is 2.79. The van der Waals surface area contributed by atoms with Gasteiger partial charge in [0.25, 0.3) is 0 Å². The standard InChI is InChI=1S/C13H16ClNO/c14-10-4-5-11-9(8-10)2-1-3-12-13(11)16-7-6-15-12/h4-5,8,12-13,15H,1-3,6-7H2. The summed E-state index contributed by atoms with van der Waals surface area (Å²) in [6.07, 6.45) is 3.75. The molecule has 2 atom stereocenters. The predicted octanol–water partition coefficient (Wildman–Crippen LogP) is 2.71. The Bertz CT molecular complexity index is 394. The lowest BCUT2D eigenvalue weighted by atomic mass is 9.98. The maximum Gasteiger partial charge on any atom is 0.0981 e. The number of rotatable bonds is 0. The SMILES string of the molecule is Clc1ccc2c(c1)CCCC1NCCOC21. The summed E-state index contributed by atoms with van der Waals surface area (Å²) in [5.41, 5.74) is 2.70. The smallest absolute Gasteiger partial charge is 0.0981 e. The van der Waals surface area contributed by atoms with E-state index in [0.717, 1.165) is 24.6 Å². The fourth-order valence-corrected chi connectivity index (χ4v) is 2.99. The largest absolute Gasteiger partial charge is 0.371 e. The number of hydrogen-bond donors (Lipinski definition) is 1. The lowest BCUT2D eigenvalue weighted by Gasteiger charge is -2.32. The summed E-state index contributed by atoms with van der Waals surface area (Å²) in [4.78, 5) is 0. The van der Waals surface area contributed by atoms with Crippen molar-refractivity contribution in [3.63, 3.8) is 0 Å². The molecular formula is C13H16ClNO. The number of nitrogens with one attached hydrogen (secondary N) is 1. The van der Waals surface area contributed by atoms with Crippen molar-refractivity contribution in [3.8, 4) is 0 Å². The van der Waals surface area contributed by atoms with Gasteiger partial charge in [-0.1, -0.05) is 17.7 Å². The van der Waals surface area contributed by atoms with Crippen LogP contribution in [0.3, 0.4) is 0 Å². The topological polar surface area (TPSA) is 21.3 Å². The minimum Gasteiger partial charge on any atom is -0.371 e. The van der Waals surface area contributed by atoms with Crippen LogP contribution in [0.5, 0.6) is 0 Å². The van der Waals surface area contributed by atoms with Gasteiger partial charge in [-0.15, -0.1) is 0 Å². The van der Waals surface area contributed by atoms with Crippen molar-refractivity contribution in [2.24, 2.45) is 0 Å². The number of benzene rings is 1. The third-order valence-electron chi connectivity index (χ3n) is 3.54. The molecule has 86 valence electrons. The van der Waals surface area contributed by atoms with Crippen molar-refractivity contribution in [1.29, 1.82) is 0 Å². The average Bonchev–Trinajstić information content (AvgIpc) is 2.47. The number of halogens is 1. The van der Waals surface area contributed by atoms with E-state index < -0.39 is 0 Å². The first-order valence-electron chi connectivity index (χ1n) is 5.98. The molecule has 0 aromatic heterocycles. The molecule has 2 nitrogen and oxygen atoms in total. The van der Waals surface area contributed by atoms with Gasteiger partial charge in [0, 0.05) is 17.6 Å². The molecule has 1 aromatic carbocycles. The minimum atomic E-state index is 0.225. The normalized spacial score (nSPS) is 29.1. The molecule has 2 unspecified atom stereocenters. The Morgan fingerprint density at radius 3 is 3.25 bits per heavy atom. The van der Waals surface area contributed by atoms with E-state index in [1.165, 1.54) is 24.0 Å². The maximum atomic E-state index is 6.05. The van der Waals surface area contributed by atoms with Crippen LogP contribution >= 0.6 is 11.6 Å². The summed E-state index contributed by atoms with van der Waals surface area (Å²) in [6.45, 7) is 1.79. The van der Waals surface area contributed by atoms with E-state index in [1.807, 2.05) is 6.07 Å². The van der Waals surface area contributed by atoms with E-state index in [9.17, 15) is 0 Å². The van der Waals surface area contributed by atoms with Crippen LogP contribution in [-0.4, -0.2) is 19.2 Å². The Balaban J connectivity index is 2.00. The van der Waals surface area contributed by atoms with Crippen LogP contribution in [-0.2, 0) is 11.2 Å². The number of morpholine rings is 1. The van der Waals surface area contributed by atoms with Gasteiger partial charge in [-0.3, -0.25) is 0 Å². The summed E-state index contributed by atoms with van der Waals surface area (Å²) < 4.78 is 5.92. The Kier molecular flexibility index (Phi) is 2.88. The molecule has 1 aliphatic heterocycles. The molecule has 3 rings (SSSR count). The van der Waals surface area contributed by atoms with Crippen LogP contribution in [0.1, 0.15) is 30.1 Å². The summed E-state index contributed by atoms with van der Waals surface area (Å²) in [7, 11) is 0. The lowest BCUT2D eigenvalue weighted by Crippen LogP contribution is -2.43. The summed E-state index contributed by atoms with van der Waals surface area (Å²) in [5, 5.41) is 4.39. The zero-order valence-corrected chi connectivity index (χ0v) is 9.96. The van der Waals surface area contributed by atoms with E-state index in [1.54, 1.807) is 0 Å². The predicted molar refractivity (Wildman–Crippen MR) is 64.9 cm³/mol. The molecule has 0 saturated carbocycles. The first-order valence-corrected chi connectivity index (χ1v) is 6.36. The van der Waals surface area contributed by atoms with E-state index in [0.29, 0.717) is 6.04 Å². The average molecular weight is 238 g/mol. The quantitative estimate of drug-likeness (QED) is 0.749. The van der Waals surface area contributed by atoms with Gasteiger partial charge in [-0.05, 0) is 42.5 Å². The molecule has 1 N–H and O–H groups in total. The Morgan fingerprint density at radius 1 is 1.38 bits per heavy atom. The molecular weight excluding hydrogens is 222 g/mol. The van der Waals surface area contributed by atoms with E-state index in [-0.39, 0.29) is 6.10 Å². The van der Waals surface area contributed by atoms with Crippen molar-refractivity contribution in [2.75, 3.05) is 13.2 Å². The van der Waals surface area contributed by atoms with Gasteiger partial charge in [0.1, 0.15) is 0 Å². The fraction of sp³-hybridized carbons (Fsp3) is 0.538. The van der Waals surface area contributed by atoms with Crippen molar-refractivity contribution in [1.82, 2.24) is 5.32 Å². The minimum absolute atomic E-state index is 0.225. The third-order valence-corrected chi connectivity index (χ3v) is 3.78. The Hall–Kier alpha value is -0.570. The van der Waals surface area contributed by atoms with Crippen LogP contribution in [0, 0.1) is 0 Å². The first-order chi connectivity index (χ1) is 7.84. The van der Waals surface area contributed by atoms with E-state index in [4.69, 9.17) is 16.3 Å². The molecule has 1 fully saturated rings. The molecule has 16 heavy (non-hydrogen) atoms. The van der Waals surface area contributed by atoms with Gasteiger partial charge >= 0.3 is 0 Å². The van der Waals surface area contributed by atoms with Crippen molar-refractivity contribution < 1.29 is 4.74 Å². The van der Waals surface area contributed by atoms with Crippen molar-refractivity contribution >= 4 is 11.6 Å². The maximum absolute atomic E-state index is 6.05. The van der Waals surface area contributed by atoms with Gasteiger partial charge in [0.15, 0.2) is 0 Å². The van der Waals surface area contributed by atoms with Crippen LogP contribution in [0.15, 0.2) is 18.2 Å². The molecule has 1 saturated heterocycles. The molecule has 1 aromatic rings. The molecule has 0 spiro atoms. The highest BCUT2D eigenvalue weighted by Crippen LogP contribution is 2.34. The van der Waals surface area contributed by atoms with Gasteiger partial charge in [-0.25, -0.2) is 0 Å². The first kappa shape index (κ1) is 10.6. The molecule has 3 heteroatoms. The van der Waals surface area contributed by atoms with Crippen LogP contribution in [0.2, 0.25) is 5.02 Å². The Labute approximate surface area is 101 Å². The summed E-state index contributed by atoms with van der Waals surface area (Å²) in [6, 6.07) is 6.68. The monoisotopic (exact) mass is 237 g/mol. The zero-order valence-electron chi connectivity index (χ0n) is 9.21.